The van der Waals surface area contributed by atoms with Crippen LogP contribution in [-0.2, 0) is 15.9 Å². The molecule has 2 heterocycles. The zero-order valence-corrected chi connectivity index (χ0v) is 17.6. The normalized spacial score (nSPS) is 27.0. The monoisotopic (exact) mass is 406 g/mol. The van der Waals surface area contributed by atoms with Crippen LogP contribution in [-0.4, -0.2) is 38.6 Å². The van der Waals surface area contributed by atoms with E-state index in [0.29, 0.717) is 37.3 Å². The van der Waals surface area contributed by atoms with Crippen LogP contribution in [0.5, 0.6) is 11.5 Å². The molecular formula is C26H30O4. The van der Waals surface area contributed by atoms with Gasteiger partial charge in [0.2, 0.25) is 0 Å². The molecule has 4 unspecified atom stereocenters. The summed E-state index contributed by atoms with van der Waals surface area (Å²) in [5.41, 5.74) is 4.04. The first kappa shape index (κ1) is 19.7. The lowest BCUT2D eigenvalue weighted by atomic mass is 9.81. The van der Waals surface area contributed by atoms with Crippen molar-refractivity contribution in [3.63, 3.8) is 0 Å². The van der Waals surface area contributed by atoms with E-state index >= 15 is 0 Å². The van der Waals surface area contributed by atoms with E-state index in [1.807, 2.05) is 0 Å². The first-order valence-corrected chi connectivity index (χ1v) is 11.2. The zero-order chi connectivity index (χ0) is 20.3. The highest BCUT2D eigenvalue weighted by Gasteiger charge is 2.24. The van der Waals surface area contributed by atoms with Crippen LogP contribution in [0.3, 0.4) is 0 Å². The summed E-state index contributed by atoms with van der Waals surface area (Å²) < 4.78 is 22.2. The lowest BCUT2D eigenvalue weighted by Crippen LogP contribution is -2.09. The highest BCUT2D eigenvalue weighted by molar-refractivity contribution is 5.41. The van der Waals surface area contributed by atoms with E-state index in [1.54, 1.807) is 0 Å². The molecule has 2 aliphatic heterocycles. The Labute approximate surface area is 178 Å². The van der Waals surface area contributed by atoms with Crippen molar-refractivity contribution in [1.82, 2.24) is 0 Å². The molecule has 2 aromatic carbocycles. The van der Waals surface area contributed by atoms with Crippen molar-refractivity contribution >= 4 is 0 Å². The van der Waals surface area contributed by atoms with Crippen molar-refractivity contribution in [1.29, 1.82) is 0 Å². The van der Waals surface area contributed by atoms with E-state index < -0.39 is 0 Å². The number of ether oxygens (including phenoxy) is 4. The molecule has 0 spiro atoms. The molecule has 0 amide bonds. The third-order valence-electron chi connectivity index (χ3n) is 6.23. The Morgan fingerprint density at radius 3 is 2.00 bits per heavy atom. The maximum Gasteiger partial charge on any atom is 0.122 e. The van der Waals surface area contributed by atoms with Crippen molar-refractivity contribution in [2.75, 3.05) is 26.4 Å². The number of epoxide rings is 2. The predicted octanol–water partition coefficient (Wildman–Crippen LogP) is 5.02. The summed E-state index contributed by atoms with van der Waals surface area (Å²) in [6.45, 7) is 5.17. The molecule has 4 nitrogen and oxygen atoms in total. The Morgan fingerprint density at radius 2 is 1.40 bits per heavy atom. The second-order valence-electron chi connectivity index (χ2n) is 8.50. The Kier molecular flexibility index (Phi) is 5.78. The fraction of sp³-hybridized carbons (Fsp3) is 0.462. The van der Waals surface area contributed by atoms with Gasteiger partial charge >= 0.3 is 0 Å². The minimum atomic E-state index is 0.292. The smallest absolute Gasteiger partial charge is 0.122 e. The Hall–Kier alpha value is -2.30. The predicted molar refractivity (Wildman–Crippen MR) is 117 cm³/mol. The summed E-state index contributed by atoms with van der Waals surface area (Å²) in [7, 11) is 0. The highest BCUT2D eigenvalue weighted by atomic mass is 16.6. The van der Waals surface area contributed by atoms with Gasteiger partial charge in [-0.3, -0.25) is 0 Å². The van der Waals surface area contributed by atoms with Crippen LogP contribution in [0.1, 0.15) is 48.3 Å². The van der Waals surface area contributed by atoms with Gasteiger partial charge in [-0.25, -0.2) is 0 Å². The fourth-order valence-electron chi connectivity index (χ4n) is 4.13. The quantitative estimate of drug-likeness (QED) is 0.433. The molecule has 5 rings (SSSR count). The second kappa shape index (κ2) is 8.83. The van der Waals surface area contributed by atoms with Gasteiger partial charge in [-0.05, 0) is 54.2 Å². The molecule has 0 radical (unpaired) electrons. The minimum Gasteiger partial charge on any atom is -0.491 e. The van der Waals surface area contributed by atoms with E-state index in [2.05, 4.69) is 61.5 Å². The topological polar surface area (TPSA) is 43.5 Å². The number of allylic oxidation sites excluding steroid dienone is 2. The van der Waals surface area contributed by atoms with Gasteiger partial charge in [-0.2, -0.15) is 0 Å². The molecule has 0 bridgehead atoms. The molecule has 158 valence electrons. The maximum atomic E-state index is 5.95. The summed E-state index contributed by atoms with van der Waals surface area (Å²) >= 11 is 0. The summed E-state index contributed by atoms with van der Waals surface area (Å²) in [6.07, 6.45) is 8.66. The zero-order valence-electron chi connectivity index (χ0n) is 17.6. The minimum absolute atomic E-state index is 0.292. The molecule has 2 aromatic rings. The van der Waals surface area contributed by atoms with E-state index in [0.717, 1.165) is 44.0 Å². The van der Waals surface area contributed by atoms with Gasteiger partial charge in [0, 0.05) is 11.8 Å². The van der Waals surface area contributed by atoms with Crippen LogP contribution in [0.25, 0.3) is 0 Å². The molecule has 2 fully saturated rings. The Balaban J connectivity index is 1.20. The Morgan fingerprint density at radius 1 is 0.800 bits per heavy atom. The van der Waals surface area contributed by atoms with E-state index in [9.17, 15) is 0 Å². The molecular weight excluding hydrogens is 376 g/mol. The summed E-state index contributed by atoms with van der Waals surface area (Å²) in [5, 5.41) is 0. The fourth-order valence-corrected chi connectivity index (χ4v) is 4.13. The average Bonchev–Trinajstić information content (AvgIpc) is 3.72. The van der Waals surface area contributed by atoms with Gasteiger partial charge in [0.05, 0.1) is 13.2 Å². The summed E-state index contributed by atoms with van der Waals surface area (Å²) in [5.74, 6) is 2.89. The van der Waals surface area contributed by atoms with Gasteiger partial charge in [0.25, 0.3) is 0 Å². The van der Waals surface area contributed by atoms with E-state index in [-0.39, 0.29) is 0 Å². The Bertz CT molecular complexity index is 880. The third-order valence-corrected chi connectivity index (χ3v) is 6.23. The molecule has 3 aliphatic rings. The first-order chi connectivity index (χ1) is 14.8. The van der Waals surface area contributed by atoms with E-state index in [1.165, 1.54) is 16.7 Å². The van der Waals surface area contributed by atoms with Crippen LogP contribution in [0, 0.1) is 0 Å². The number of hydrogen-bond acceptors (Lipinski definition) is 4. The van der Waals surface area contributed by atoms with Crippen LogP contribution < -0.4 is 9.47 Å². The lowest BCUT2D eigenvalue weighted by molar-refractivity contribution is 0.261. The van der Waals surface area contributed by atoms with Crippen LogP contribution in [0.2, 0.25) is 0 Å². The number of hydrogen-bond donors (Lipinski definition) is 0. The maximum absolute atomic E-state index is 5.95. The van der Waals surface area contributed by atoms with Gasteiger partial charge in [-0.15, -0.1) is 0 Å². The standard InChI is InChI=1S/C26H30O4/c1-2-18-13-22(9-12-26(18)30-17-25-16-29-25)21-5-3-19(4-6-21)20-7-10-23(11-8-20)27-14-24-15-28-24/h3,5,7-13,19,21,24-25H,2,4,6,14-17H2,1H3. The van der Waals surface area contributed by atoms with Crippen molar-refractivity contribution in [3.05, 3.63) is 71.3 Å². The van der Waals surface area contributed by atoms with Crippen LogP contribution >= 0.6 is 0 Å². The van der Waals surface area contributed by atoms with E-state index in [4.69, 9.17) is 18.9 Å². The summed E-state index contributed by atoms with van der Waals surface area (Å²) in [6, 6.07) is 15.3. The highest BCUT2D eigenvalue weighted by Crippen LogP contribution is 2.37. The second-order valence-corrected chi connectivity index (χ2v) is 8.50. The molecule has 0 saturated carbocycles. The largest absolute Gasteiger partial charge is 0.491 e. The number of rotatable bonds is 9. The number of aryl methyl sites for hydroxylation is 1. The van der Waals surface area contributed by atoms with Crippen molar-refractivity contribution in [2.24, 2.45) is 0 Å². The first-order valence-electron chi connectivity index (χ1n) is 11.2. The van der Waals surface area contributed by atoms with Gasteiger partial charge in [0.15, 0.2) is 0 Å². The molecule has 0 N–H and O–H groups in total. The number of benzene rings is 2. The van der Waals surface area contributed by atoms with Crippen LogP contribution in [0.15, 0.2) is 54.6 Å². The molecule has 1 aliphatic carbocycles. The summed E-state index contributed by atoms with van der Waals surface area (Å²) in [4.78, 5) is 0. The van der Waals surface area contributed by atoms with Crippen LogP contribution in [0.4, 0.5) is 0 Å². The van der Waals surface area contributed by atoms with Crippen molar-refractivity contribution in [2.45, 2.75) is 50.2 Å². The molecule has 30 heavy (non-hydrogen) atoms. The molecule has 4 heteroatoms. The molecule has 2 saturated heterocycles. The van der Waals surface area contributed by atoms with Crippen molar-refractivity contribution < 1.29 is 18.9 Å². The average molecular weight is 407 g/mol. The molecule has 4 atom stereocenters. The van der Waals surface area contributed by atoms with Gasteiger partial charge in [0.1, 0.15) is 36.9 Å². The molecule has 0 aromatic heterocycles. The lowest BCUT2D eigenvalue weighted by Gasteiger charge is -2.24. The van der Waals surface area contributed by atoms with Crippen molar-refractivity contribution in [3.8, 4) is 11.5 Å². The van der Waals surface area contributed by atoms with Gasteiger partial charge < -0.3 is 18.9 Å². The van der Waals surface area contributed by atoms with Gasteiger partial charge in [-0.1, -0.05) is 43.3 Å². The SMILES string of the molecule is CCc1cc(C2C=CC(c3ccc(OCC4CO4)cc3)CC2)ccc1OCC1CO1. The third kappa shape index (κ3) is 4.88.